The number of nitrogens with zero attached hydrogens (tertiary/aromatic N) is 1. The van der Waals surface area contributed by atoms with Gasteiger partial charge in [-0.1, -0.05) is 19.4 Å². The molecule has 96 valence electrons. The van der Waals surface area contributed by atoms with Crippen LogP contribution in [0.15, 0.2) is 17.5 Å². The highest BCUT2D eigenvalue weighted by molar-refractivity contribution is 7.10. The largest absolute Gasteiger partial charge is 0.329 e. The van der Waals surface area contributed by atoms with Crippen molar-refractivity contribution in [2.75, 3.05) is 13.6 Å². The van der Waals surface area contributed by atoms with Gasteiger partial charge in [0.05, 0.1) is 0 Å². The lowest BCUT2D eigenvalue weighted by atomic mass is 9.85. The molecule has 0 saturated heterocycles. The van der Waals surface area contributed by atoms with Crippen LogP contribution in [-0.4, -0.2) is 24.0 Å². The zero-order chi connectivity index (χ0) is 12.5. The molecule has 0 aromatic carbocycles. The van der Waals surface area contributed by atoms with Gasteiger partial charge in [-0.2, -0.15) is 0 Å². The number of likely N-dealkylation sites (N-methyl/N-ethyl adjacent to an activating group) is 1. The molecule has 1 heterocycles. The van der Waals surface area contributed by atoms with Crippen LogP contribution < -0.4 is 5.73 Å². The molecule has 1 saturated carbocycles. The van der Waals surface area contributed by atoms with Crippen LogP contribution >= 0.6 is 11.3 Å². The van der Waals surface area contributed by atoms with Crippen molar-refractivity contribution in [3.63, 3.8) is 0 Å². The monoisotopic (exact) mass is 252 g/mol. The molecule has 2 rings (SSSR count). The van der Waals surface area contributed by atoms with Crippen LogP contribution in [0.2, 0.25) is 0 Å². The third-order valence-electron chi connectivity index (χ3n) is 4.76. The summed E-state index contributed by atoms with van der Waals surface area (Å²) in [7, 11) is 2.25. The molecule has 1 aliphatic rings. The maximum absolute atomic E-state index is 6.11. The summed E-state index contributed by atoms with van der Waals surface area (Å²) in [5.41, 5.74) is 6.32. The smallest absolute Gasteiger partial charge is 0.0416 e. The van der Waals surface area contributed by atoms with Crippen LogP contribution in [-0.2, 0) is 0 Å². The average Bonchev–Trinajstić information content (AvgIpc) is 2.96. The summed E-state index contributed by atoms with van der Waals surface area (Å²) in [6, 6.07) is 4.84. The summed E-state index contributed by atoms with van der Waals surface area (Å²) in [6.07, 6.45) is 3.88. The number of rotatable bonds is 4. The lowest BCUT2D eigenvalue weighted by molar-refractivity contribution is 0.0567. The van der Waals surface area contributed by atoms with Gasteiger partial charge in [0.2, 0.25) is 0 Å². The van der Waals surface area contributed by atoms with Gasteiger partial charge in [0.25, 0.3) is 0 Å². The molecule has 3 unspecified atom stereocenters. The maximum Gasteiger partial charge on any atom is 0.0416 e. The van der Waals surface area contributed by atoms with Crippen molar-refractivity contribution in [3.8, 4) is 0 Å². The SMILES string of the molecule is CC(c1cccs1)N(C)C1(CN)CCCC1C. The van der Waals surface area contributed by atoms with Crippen LogP contribution in [0.4, 0.5) is 0 Å². The van der Waals surface area contributed by atoms with E-state index in [1.807, 2.05) is 11.3 Å². The van der Waals surface area contributed by atoms with E-state index in [4.69, 9.17) is 5.73 Å². The van der Waals surface area contributed by atoms with Crippen LogP contribution in [0.3, 0.4) is 0 Å². The highest BCUT2D eigenvalue weighted by atomic mass is 32.1. The molecule has 2 N–H and O–H groups in total. The van der Waals surface area contributed by atoms with E-state index < -0.39 is 0 Å². The second kappa shape index (κ2) is 5.09. The predicted molar refractivity (Wildman–Crippen MR) is 75.3 cm³/mol. The number of thiophene rings is 1. The third kappa shape index (κ3) is 2.16. The van der Waals surface area contributed by atoms with Crippen LogP contribution in [0.5, 0.6) is 0 Å². The van der Waals surface area contributed by atoms with Crippen molar-refractivity contribution < 1.29 is 0 Å². The molecule has 0 bridgehead atoms. The summed E-state index contributed by atoms with van der Waals surface area (Å²) >= 11 is 1.85. The Morgan fingerprint density at radius 2 is 2.41 bits per heavy atom. The predicted octanol–water partition coefficient (Wildman–Crippen LogP) is 3.26. The Morgan fingerprint density at radius 3 is 2.88 bits per heavy atom. The first-order valence-electron chi connectivity index (χ1n) is 6.58. The first-order chi connectivity index (χ1) is 8.12. The van der Waals surface area contributed by atoms with Gasteiger partial charge < -0.3 is 5.73 Å². The molecule has 1 aliphatic carbocycles. The molecule has 1 fully saturated rings. The lowest BCUT2D eigenvalue weighted by Gasteiger charge is -2.44. The van der Waals surface area contributed by atoms with Crippen LogP contribution in [0, 0.1) is 5.92 Å². The summed E-state index contributed by atoms with van der Waals surface area (Å²) in [5, 5.41) is 2.16. The number of hydrogen-bond acceptors (Lipinski definition) is 3. The normalized spacial score (nSPS) is 31.0. The van der Waals surface area contributed by atoms with E-state index in [1.165, 1.54) is 24.1 Å². The molecule has 3 atom stereocenters. The van der Waals surface area contributed by atoms with E-state index in [1.54, 1.807) is 0 Å². The zero-order valence-electron chi connectivity index (χ0n) is 11.1. The van der Waals surface area contributed by atoms with Crippen molar-refractivity contribution in [3.05, 3.63) is 22.4 Å². The lowest BCUT2D eigenvalue weighted by Crippen LogP contribution is -2.54. The van der Waals surface area contributed by atoms with Gasteiger partial charge in [0, 0.05) is 23.0 Å². The van der Waals surface area contributed by atoms with Gasteiger partial charge in [0.1, 0.15) is 0 Å². The Kier molecular flexibility index (Phi) is 3.91. The van der Waals surface area contributed by atoms with Gasteiger partial charge >= 0.3 is 0 Å². The summed E-state index contributed by atoms with van der Waals surface area (Å²) in [4.78, 5) is 3.97. The highest BCUT2D eigenvalue weighted by Crippen LogP contribution is 2.42. The van der Waals surface area contributed by atoms with Gasteiger partial charge in [-0.05, 0) is 44.2 Å². The average molecular weight is 252 g/mol. The first kappa shape index (κ1) is 13.1. The molecular weight excluding hydrogens is 228 g/mol. The fraction of sp³-hybridized carbons (Fsp3) is 0.714. The minimum Gasteiger partial charge on any atom is -0.329 e. The minimum atomic E-state index is 0.212. The first-order valence-corrected chi connectivity index (χ1v) is 7.46. The molecular formula is C14H24N2S. The molecule has 0 radical (unpaired) electrons. The molecule has 0 aliphatic heterocycles. The molecule has 0 amide bonds. The van der Waals surface area contributed by atoms with E-state index in [-0.39, 0.29) is 5.54 Å². The van der Waals surface area contributed by atoms with E-state index in [2.05, 4.69) is 43.3 Å². The second-order valence-corrected chi connectivity index (χ2v) is 6.38. The van der Waals surface area contributed by atoms with Crippen molar-refractivity contribution in [1.82, 2.24) is 4.90 Å². The molecule has 2 nitrogen and oxygen atoms in total. The zero-order valence-corrected chi connectivity index (χ0v) is 12.0. The van der Waals surface area contributed by atoms with Gasteiger partial charge in [0.15, 0.2) is 0 Å². The van der Waals surface area contributed by atoms with Gasteiger partial charge in [-0.15, -0.1) is 11.3 Å². The molecule has 1 aromatic heterocycles. The van der Waals surface area contributed by atoms with Crippen LogP contribution in [0.25, 0.3) is 0 Å². The van der Waals surface area contributed by atoms with E-state index in [0.717, 1.165) is 6.54 Å². The Morgan fingerprint density at radius 1 is 1.65 bits per heavy atom. The second-order valence-electron chi connectivity index (χ2n) is 5.40. The van der Waals surface area contributed by atoms with Gasteiger partial charge in [-0.3, -0.25) is 4.90 Å². The minimum absolute atomic E-state index is 0.212. The fourth-order valence-electron chi connectivity index (χ4n) is 3.31. The fourth-order valence-corrected chi connectivity index (χ4v) is 4.13. The van der Waals surface area contributed by atoms with Crippen molar-refractivity contribution in [1.29, 1.82) is 0 Å². The molecule has 3 heteroatoms. The molecule has 0 spiro atoms. The van der Waals surface area contributed by atoms with E-state index in [9.17, 15) is 0 Å². The number of hydrogen-bond donors (Lipinski definition) is 1. The molecule has 1 aromatic rings. The summed E-state index contributed by atoms with van der Waals surface area (Å²) in [6.45, 7) is 5.44. The maximum atomic E-state index is 6.11. The Labute approximate surface area is 109 Å². The van der Waals surface area contributed by atoms with Gasteiger partial charge in [-0.25, -0.2) is 0 Å². The van der Waals surface area contributed by atoms with E-state index in [0.29, 0.717) is 12.0 Å². The highest BCUT2D eigenvalue weighted by Gasteiger charge is 2.44. The summed E-state index contributed by atoms with van der Waals surface area (Å²) < 4.78 is 0. The molecule has 17 heavy (non-hydrogen) atoms. The third-order valence-corrected chi connectivity index (χ3v) is 5.80. The Balaban J connectivity index is 2.20. The quantitative estimate of drug-likeness (QED) is 0.891. The Bertz CT molecular complexity index is 349. The number of nitrogens with two attached hydrogens (primary N) is 1. The van der Waals surface area contributed by atoms with Crippen LogP contribution in [0.1, 0.15) is 44.0 Å². The standard InChI is InChI=1S/C14H24N2S/c1-11-6-4-8-14(11,10-15)16(3)12(2)13-7-5-9-17-13/h5,7,9,11-12H,4,6,8,10,15H2,1-3H3. The van der Waals surface area contributed by atoms with Crippen molar-refractivity contribution in [2.24, 2.45) is 11.7 Å². The Hall–Kier alpha value is -0.380. The summed E-state index contributed by atoms with van der Waals surface area (Å²) in [5.74, 6) is 0.708. The van der Waals surface area contributed by atoms with E-state index >= 15 is 0 Å². The van der Waals surface area contributed by atoms with Crippen molar-refractivity contribution in [2.45, 2.75) is 44.7 Å². The topological polar surface area (TPSA) is 29.3 Å². The van der Waals surface area contributed by atoms with Crippen molar-refractivity contribution >= 4 is 11.3 Å².